The van der Waals surface area contributed by atoms with Crippen LogP contribution in [0.15, 0.2) is 24.3 Å². The first-order chi connectivity index (χ1) is 13.3. The van der Waals surface area contributed by atoms with Gasteiger partial charge in [0.2, 0.25) is 0 Å². The minimum absolute atomic E-state index is 0.133. The van der Waals surface area contributed by atoms with Crippen LogP contribution in [0.25, 0.3) is 0 Å². The van der Waals surface area contributed by atoms with Crippen LogP contribution >= 0.6 is 11.3 Å². The van der Waals surface area contributed by atoms with Crippen LogP contribution in [0.2, 0.25) is 0 Å². The molecule has 0 saturated carbocycles. The summed E-state index contributed by atoms with van der Waals surface area (Å²) in [6.45, 7) is 2.22. The molecule has 1 aliphatic carbocycles. The van der Waals surface area contributed by atoms with Crippen LogP contribution in [0.5, 0.6) is 11.5 Å². The summed E-state index contributed by atoms with van der Waals surface area (Å²) in [5.74, 6) is 1.83. The van der Waals surface area contributed by atoms with Crippen molar-refractivity contribution in [3.63, 3.8) is 0 Å². The first-order valence-corrected chi connectivity index (χ1v) is 10.9. The van der Waals surface area contributed by atoms with Crippen LogP contribution in [0.1, 0.15) is 63.8 Å². The van der Waals surface area contributed by atoms with Crippen molar-refractivity contribution in [2.24, 2.45) is 0 Å². The predicted octanol–water partition coefficient (Wildman–Crippen LogP) is 4.77. The van der Waals surface area contributed by atoms with E-state index in [9.17, 15) is 4.79 Å². The molecule has 1 saturated heterocycles. The monoisotopic (exact) mass is 383 g/mol. The number of amides is 1. The highest BCUT2D eigenvalue weighted by Gasteiger charge is 2.32. The number of ether oxygens (including phenoxy) is 2. The molecule has 2 aliphatic heterocycles. The van der Waals surface area contributed by atoms with E-state index in [1.807, 2.05) is 6.07 Å². The molecule has 27 heavy (non-hydrogen) atoms. The van der Waals surface area contributed by atoms with Gasteiger partial charge in [0.05, 0.1) is 24.1 Å². The van der Waals surface area contributed by atoms with Crippen molar-refractivity contribution in [3.8, 4) is 11.5 Å². The first kappa shape index (κ1) is 17.1. The maximum absolute atomic E-state index is 13.3. The van der Waals surface area contributed by atoms with Crippen LogP contribution in [0, 0.1) is 0 Å². The third-order valence-corrected chi connectivity index (χ3v) is 7.10. The molecule has 1 atom stereocenters. The number of carbonyl (C=O) groups excluding carboxylic acids is 1. The van der Waals surface area contributed by atoms with E-state index in [4.69, 9.17) is 9.47 Å². The maximum atomic E-state index is 13.3. The summed E-state index contributed by atoms with van der Waals surface area (Å²) in [5.41, 5.74) is 2.56. The Hall–Kier alpha value is -2.01. The fourth-order valence-corrected chi connectivity index (χ4v) is 5.69. The number of rotatable bonds is 2. The zero-order valence-electron chi connectivity index (χ0n) is 15.5. The number of aryl methyl sites for hydroxylation is 2. The minimum atomic E-state index is 0.133. The van der Waals surface area contributed by atoms with E-state index in [0.717, 1.165) is 60.6 Å². The molecule has 3 aliphatic rings. The standard InChI is InChI=1S/C22H25NO3S/c24-22(21-14-16-5-1-2-7-20(16)27-21)23-10-3-6-17(23)15-8-9-18-19(13-15)26-12-4-11-25-18/h8-9,13-14,17H,1-7,10-12H2/t17-/m0/s1. The molecular formula is C22H25NO3S. The molecule has 0 bridgehead atoms. The van der Waals surface area contributed by atoms with Gasteiger partial charge in [-0.15, -0.1) is 11.3 Å². The number of nitrogens with zero attached hydrogens (tertiary/aromatic N) is 1. The summed E-state index contributed by atoms with van der Waals surface area (Å²) in [5, 5.41) is 0. The van der Waals surface area contributed by atoms with E-state index in [0.29, 0.717) is 13.2 Å². The van der Waals surface area contributed by atoms with Gasteiger partial charge in [-0.05, 0) is 67.9 Å². The van der Waals surface area contributed by atoms with E-state index in [-0.39, 0.29) is 11.9 Å². The van der Waals surface area contributed by atoms with Crippen molar-refractivity contribution in [3.05, 3.63) is 45.1 Å². The zero-order valence-corrected chi connectivity index (χ0v) is 16.4. The van der Waals surface area contributed by atoms with Gasteiger partial charge in [-0.3, -0.25) is 4.79 Å². The Morgan fingerprint density at radius 1 is 1.00 bits per heavy atom. The number of hydrogen-bond donors (Lipinski definition) is 0. The average molecular weight is 384 g/mol. The van der Waals surface area contributed by atoms with E-state index in [1.165, 1.54) is 23.3 Å². The summed E-state index contributed by atoms with van der Waals surface area (Å²) < 4.78 is 11.6. The van der Waals surface area contributed by atoms with Crippen molar-refractivity contribution in [1.82, 2.24) is 4.90 Å². The molecule has 1 amide bonds. The van der Waals surface area contributed by atoms with Crippen molar-refractivity contribution in [1.29, 1.82) is 0 Å². The number of fused-ring (bicyclic) bond motifs is 2. The Labute approximate surface area is 164 Å². The first-order valence-electron chi connectivity index (χ1n) is 10.1. The van der Waals surface area contributed by atoms with Gasteiger partial charge >= 0.3 is 0 Å². The molecule has 1 aromatic carbocycles. The second kappa shape index (κ2) is 7.19. The van der Waals surface area contributed by atoms with Gasteiger partial charge in [0.1, 0.15) is 0 Å². The van der Waals surface area contributed by atoms with Gasteiger partial charge in [-0.25, -0.2) is 0 Å². The van der Waals surface area contributed by atoms with Crippen LogP contribution in [0.4, 0.5) is 0 Å². The van der Waals surface area contributed by atoms with Crippen molar-refractivity contribution < 1.29 is 14.3 Å². The van der Waals surface area contributed by atoms with Crippen LogP contribution < -0.4 is 9.47 Å². The molecule has 0 N–H and O–H groups in total. The second-order valence-electron chi connectivity index (χ2n) is 7.68. The Morgan fingerprint density at radius 3 is 2.74 bits per heavy atom. The lowest BCUT2D eigenvalue weighted by Gasteiger charge is -2.25. The number of likely N-dealkylation sites (tertiary alicyclic amines) is 1. The normalized spacial score (nSPS) is 21.6. The largest absolute Gasteiger partial charge is 0.490 e. The number of thiophene rings is 1. The summed E-state index contributed by atoms with van der Waals surface area (Å²) in [6.07, 6.45) is 7.74. The van der Waals surface area contributed by atoms with Gasteiger partial charge in [0.25, 0.3) is 5.91 Å². The lowest BCUT2D eigenvalue weighted by molar-refractivity contribution is 0.0740. The highest BCUT2D eigenvalue weighted by molar-refractivity contribution is 7.14. The molecule has 1 aromatic heterocycles. The van der Waals surface area contributed by atoms with E-state index in [2.05, 4.69) is 23.1 Å². The molecule has 3 heterocycles. The van der Waals surface area contributed by atoms with E-state index in [1.54, 1.807) is 11.3 Å². The third kappa shape index (κ3) is 3.22. The van der Waals surface area contributed by atoms with Crippen LogP contribution in [-0.2, 0) is 12.8 Å². The number of hydrogen-bond acceptors (Lipinski definition) is 4. The zero-order chi connectivity index (χ0) is 18.2. The molecule has 5 heteroatoms. The third-order valence-electron chi connectivity index (χ3n) is 5.88. The maximum Gasteiger partial charge on any atom is 0.264 e. The average Bonchev–Trinajstić information content (AvgIpc) is 3.29. The highest BCUT2D eigenvalue weighted by Crippen LogP contribution is 2.39. The topological polar surface area (TPSA) is 38.8 Å². The van der Waals surface area contributed by atoms with Gasteiger partial charge in [0.15, 0.2) is 11.5 Å². The molecule has 1 fully saturated rings. The van der Waals surface area contributed by atoms with Crippen LogP contribution in [0.3, 0.4) is 0 Å². The lowest BCUT2D eigenvalue weighted by Crippen LogP contribution is -2.30. The second-order valence-corrected chi connectivity index (χ2v) is 8.82. The molecule has 0 radical (unpaired) electrons. The van der Waals surface area contributed by atoms with Crippen molar-refractivity contribution in [2.45, 2.75) is 51.0 Å². The van der Waals surface area contributed by atoms with Gasteiger partial charge in [-0.2, -0.15) is 0 Å². The summed E-state index contributed by atoms with van der Waals surface area (Å²) in [6, 6.07) is 8.47. The fourth-order valence-electron chi connectivity index (χ4n) is 4.48. The summed E-state index contributed by atoms with van der Waals surface area (Å²) >= 11 is 1.72. The Kier molecular flexibility index (Phi) is 4.56. The van der Waals surface area contributed by atoms with Crippen molar-refractivity contribution in [2.75, 3.05) is 19.8 Å². The van der Waals surface area contributed by atoms with Crippen LogP contribution in [-0.4, -0.2) is 30.6 Å². The lowest BCUT2D eigenvalue weighted by atomic mass is 9.99. The van der Waals surface area contributed by atoms with Crippen molar-refractivity contribution >= 4 is 17.2 Å². The molecular weight excluding hydrogens is 358 g/mol. The Bertz CT molecular complexity index is 836. The predicted molar refractivity (Wildman–Crippen MR) is 106 cm³/mol. The van der Waals surface area contributed by atoms with E-state index < -0.39 is 0 Å². The molecule has 2 aromatic rings. The molecule has 0 spiro atoms. The SMILES string of the molecule is O=C(c1cc2c(s1)CCCC2)N1CCC[C@H]1c1ccc2c(c1)OCCCO2. The number of benzene rings is 1. The smallest absolute Gasteiger partial charge is 0.264 e. The summed E-state index contributed by atoms with van der Waals surface area (Å²) in [7, 11) is 0. The highest BCUT2D eigenvalue weighted by atomic mass is 32.1. The quantitative estimate of drug-likeness (QED) is 0.750. The van der Waals surface area contributed by atoms with Gasteiger partial charge < -0.3 is 14.4 Å². The Morgan fingerprint density at radius 2 is 1.85 bits per heavy atom. The van der Waals surface area contributed by atoms with E-state index >= 15 is 0 Å². The fraction of sp³-hybridized carbons (Fsp3) is 0.500. The molecule has 0 unspecified atom stereocenters. The van der Waals surface area contributed by atoms with Gasteiger partial charge in [0, 0.05) is 17.8 Å². The minimum Gasteiger partial charge on any atom is -0.490 e. The number of carbonyl (C=O) groups is 1. The Balaban J connectivity index is 1.41. The molecule has 4 nitrogen and oxygen atoms in total. The summed E-state index contributed by atoms with van der Waals surface area (Å²) in [4.78, 5) is 17.7. The molecule has 5 rings (SSSR count). The molecule has 142 valence electrons. The van der Waals surface area contributed by atoms with Gasteiger partial charge in [-0.1, -0.05) is 6.07 Å².